The molecular weight excluding hydrogens is 298 g/mol. The fraction of sp³-hybridized carbons (Fsp3) is 0.625. The number of aromatic nitrogens is 2. The quantitative estimate of drug-likeness (QED) is 0.859. The van der Waals surface area contributed by atoms with Crippen LogP contribution in [-0.2, 0) is 7.05 Å². The van der Waals surface area contributed by atoms with Crippen molar-refractivity contribution in [3.8, 4) is 0 Å². The van der Waals surface area contributed by atoms with Gasteiger partial charge in [0.2, 0.25) is 0 Å². The number of hydrogen-bond donors (Lipinski definition) is 2. The van der Waals surface area contributed by atoms with Gasteiger partial charge in [-0.2, -0.15) is 5.10 Å². The Morgan fingerprint density at radius 2 is 2.23 bits per heavy atom. The molecule has 2 heterocycles. The monoisotopic (exact) mass is 323 g/mol. The van der Waals surface area contributed by atoms with Gasteiger partial charge in [-0.05, 0) is 38.7 Å². The molecule has 0 saturated heterocycles. The summed E-state index contributed by atoms with van der Waals surface area (Å²) in [6, 6.07) is 1.88. The number of amides is 1. The first-order valence-corrected chi connectivity index (χ1v) is 8.45. The van der Waals surface area contributed by atoms with Gasteiger partial charge in [0.1, 0.15) is 4.83 Å². The van der Waals surface area contributed by atoms with Crippen molar-refractivity contribution in [2.24, 2.45) is 13.0 Å². The molecule has 2 rings (SSSR count). The Morgan fingerprint density at radius 3 is 2.82 bits per heavy atom. The lowest BCUT2D eigenvalue weighted by Gasteiger charge is -2.24. The summed E-state index contributed by atoms with van der Waals surface area (Å²) in [6.07, 6.45) is 1.62. The third-order valence-corrected chi connectivity index (χ3v) is 5.01. The number of thiophene rings is 1. The summed E-state index contributed by atoms with van der Waals surface area (Å²) in [4.78, 5) is 13.9. The van der Waals surface area contributed by atoms with Crippen LogP contribution in [0.4, 0.5) is 0 Å². The Hall–Kier alpha value is -1.40. The number of carbonyl (C=O) groups is 1. The Morgan fingerprint density at radius 1 is 1.55 bits per heavy atom. The molecule has 0 aliphatic rings. The van der Waals surface area contributed by atoms with Crippen LogP contribution >= 0.6 is 11.3 Å². The minimum absolute atomic E-state index is 0.134. The van der Waals surface area contributed by atoms with E-state index in [-0.39, 0.29) is 12.5 Å². The van der Waals surface area contributed by atoms with E-state index in [0.29, 0.717) is 17.2 Å². The molecule has 0 spiro atoms. The van der Waals surface area contributed by atoms with E-state index in [9.17, 15) is 9.90 Å². The van der Waals surface area contributed by atoms with Crippen molar-refractivity contribution < 1.29 is 9.90 Å². The van der Waals surface area contributed by atoms with E-state index >= 15 is 0 Å². The first kappa shape index (κ1) is 17.0. The number of hydrogen-bond acceptors (Lipinski definition) is 4. The molecule has 1 amide bonds. The molecule has 0 radical (unpaired) electrons. The maximum absolute atomic E-state index is 12.3. The van der Waals surface area contributed by atoms with Gasteiger partial charge >= 0.3 is 0 Å². The summed E-state index contributed by atoms with van der Waals surface area (Å²) < 4.78 is 1.80. The number of fused-ring (bicyclic) bond motifs is 1. The zero-order valence-corrected chi connectivity index (χ0v) is 14.8. The SMILES string of the molecule is Cc1nn(C)c2sc(C(=O)NCC(C)(O)CCC(C)C)cc12. The molecule has 6 heteroatoms. The first-order chi connectivity index (χ1) is 10.2. The highest BCUT2D eigenvalue weighted by Gasteiger charge is 2.22. The first-order valence-electron chi connectivity index (χ1n) is 7.63. The molecule has 0 aliphatic heterocycles. The largest absolute Gasteiger partial charge is 0.388 e. The normalized spacial score (nSPS) is 14.5. The van der Waals surface area contributed by atoms with Crippen LogP contribution in [0.15, 0.2) is 6.07 Å². The summed E-state index contributed by atoms with van der Waals surface area (Å²) >= 11 is 1.43. The van der Waals surface area contributed by atoms with Crippen LogP contribution in [0.3, 0.4) is 0 Å². The summed E-state index contributed by atoms with van der Waals surface area (Å²) in [5.41, 5.74) is 0.0605. The minimum Gasteiger partial charge on any atom is -0.388 e. The van der Waals surface area contributed by atoms with Crippen LogP contribution in [0.1, 0.15) is 49.0 Å². The second kappa shape index (κ2) is 6.38. The number of rotatable bonds is 6. The number of aryl methyl sites for hydroxylation is 2. The lowest BCUT2D eigenvalue weighted by atomic mass is 9.95. The van der Waals surface area contributed by atoms with E-state index in [2.05, 4.69) is 24.3 Å². The zero-order chi connectivity index (χ0) is 16.5. The number of aliphatic hydroxyl groups is 1. The standard InChI is InChI=1S/C16H25N3O2S/c1-10(2)6-7-16(4,21)9-17-14(20)13-8-12-11(3)18-19(5)15(12)22-13/h8,10,21H,6-7,9H2,1-5H3,(H,17,20). The zero-order valence-electron chi connectivity index (χ0n) is 13.9. The molecule has 5 nitrogen and oxygen atoms in total. The van der Waals surface area contributed by atoms with E-state index in [1.54, 1.807) is 11.6 Å². The third-order valence-electron chi connectivity index (χ3n) is 3.81. The van der Waals surface area contributed by atoms with E-state index in [1.807, 2.05) is 20.0 Å². The van der Waals surface area contributed by atoms with Crippen LogP contribution < -0.4 is 5.32 Å². The average molecular weight is 323 g/mol. The van der Waals surface area contributed by atoms with Crippen molar-refractivity contribution >= 4 is 27.5 Å². The highest BCUT2D eigenvalue weighted by molar-refractivity contribution is 7.20. The Bertz CT molecular complexity index is 636. The Kier molecular flexibility index (Phi) is 4.92. The van der Waals surface area contributed by atoms with Crippen LogP contribution in [0.25, 0.3) is 10.2 Å². The van der Waals surface area contributed by atoms with Gasteiger partial charge in [-0.15, -0.1) is 11.3 Å². The van der Waals surface area contributed by atoms with Crippen molar-refractivity contribution in [3.05, 3.63) is 16.6 Å². The molecule has 0 aliphatic carbocycles. The average Bonchev–Trinajstić information content (AvgIpc) is 2.97. The molecule has 0 saturated carbocycles. The molecule has 22 heavy (non-hydrogen) atoms. The van der Waals surface area contributed by atoms with Crippen LogP contribution in [0.5, 0.6) is 0 Å². The summed E-state index contributed by atoms with van der Waals surface area (Å²) in [6.45, 7) is 8.23. The summed E-state index contributed by atoms with van der Waals surface area (Å²) in [5.74, 6) is 0.408. The van der Waals surface area contributed by atoms with Gasteiger partial charge in [0, 0.05) is 19.0 Å². The van der Waals surface area contributed by atoms with Gasteiger partial charge in [-0.25, -0.2) is 0 Å². The predicted molar refractivity (Wildman–Crippen MR) is 90.4 cm³/mol. The highest BCUT2D eigenvalue weighted by atomic mass is 32.1. The van der Waals surface area contributed by atoms with Crippen molar-refractivity contribution in [1.82, 2.24) is 15.1 Å². The molecule has 1 atom stereocenters. The van der Waals surface area contributed by atoms with Gasteiger partial charge in [0.05, 0.1) is 16.2 Å². The second-order valence-electron chi connectivity index (χ2n) is 6.65. The molecular formula is C16H25N3O2S. The lowest BCUT2D eigenvalue weighted by molar-refractivity contribution is 0.0430. The van der Waals surface area contributed by atoms with E-state index in [0.717, 1.165) is 22.3 Å². The predicted octanol–water partition coefficient (Wildman–Crippen LogP) is 2.86. The Balaban J connectivity index is 2.00. The number of nitrogens with one attached hydrogen (secondary N) is 1. The summed E-state index contributed by atoms with van der Waals surface area (Å²) in [7, 11) is 1.88. The van der Waals surface area contributed by atoms with Crippen molar-refractivity contribution in [1.29, 1.82) is 0 Å². The van der Waals surface area contributed by atoms with Gasteiger partial charge in [-0.3, -0.25) is 9.48 Å². The van der Waals surface area contributed by atoms with E-state index in [1.165, 1.54) is 11.3 Å². The fourth-order valence-corrected chi connectivity index (χ4v) is 3.40. The van der Waals surface area contributed by atoms with Gasteiger partial charge in [0.25, 0.3) is 5.91 Å². The minimum atomic E-state index is -0.867. The third kappa shape index (κ3) is 3.87. The van der Waals surface area contributed by atoms with Crippen molar-refractivity contribution in [3.63, 3.8) is 0 Å². The molecule has 0 fully saturated rings. The second-order valence-corrected chi connectivity index (χ2v) is 7.68. The maximum Gasteiger partial charge on any atom is 0.261 e. The maximum atomic E-state index is 12.3. The topological polar surface area (TPSA) is 67.2 Å². The fourth-order valence-electron chi connectivity index (χ4n) is 2.36. The van der Waals surface area contributed by atoms with Gasteiger partial charge in [-0.1, -0.05) is 13.8 Å². The molecule has 2 N–H and O–H groups in total. The molecule has 0 bridgehead atoms. The molecule has 122 valence electrons. The Labute approximate surface area is 135 Å². The lowest BCUT2D eigenvalue weighted by Crippen LogP contribution is -2.40. The molecule has 2 aromatic rings. The smallest absolute Gasteiger partial charge is 0.261 e. The van der Waals surface area contributed by atoms with E-state index < -0.39 is 5.60 Å². The van der Waals surface area contributed by atoms with Gasteiger partial charge in [0.15, 0.2) is 0 Å². The van der Waals surface area contributed by atoms with Gasteiger partial charge < -0.3 is 10.4 Å². The van der Waals surface area contributed by atoms with Crippen LogP contribution in [-0.4, -0.2) is 32.9 Å². The van der Waals surface area contributed by atoms with Crippen molar-refractivity contribution in [2.75, 3.05) is 6.54 Å². The van der Waals surface area contributed by atoms with Crippen LogP contribution in [0.2, 0.25) is 0 Å². The summed E-state index contributed by atoms with van der Waals surface area (Å²) in [5, 5.41) is 18.5. The molecule has 1 unspecified atom stereocenters. The van der Waals surface area contributed by atoms with Crippen molar-refractivity contribution in [2.45, 2.75) is 46.1 Å². The highest BCUT2D eigenvalue weighted by Crippen LogP contribution is 2.27. The molecule has 2 aromatic heterocycles. The molecule has 0 aromatic carbocycles. The number of nitrogens with zero attached hydrogens (tertiary/aromatic N) is 2. The number of carbonyl (C=O) groups excluding carboxylic acids is 1. The van der Waals surface area contributed by atoms with Crippen LogP contribution in [0, 0.1) is 12.8 Å². The van der Waals surface area contributed by atoms with E-state index in [4.69, 9.17) is 0 Å².